The van der Waals surface area contributed by atoms with E-state index in [0.717, 1.165) is 60.2 Å². The van der Waals surface area contributed by atoms with Gasteiger partial charge in [-0.05, 0) is 43.2 Å². The molecule has 2 aliphatic rings. The number of carbonyl (C=O) groups excluding carboxylic acids is 1. The Kier molecular flexibility index (Phi) is 10.1. The van der Waals surface area contributed by atoms with E-state index in [4.69, 9.17) is 9.84 Å². The Hall–Kier alpha value is -4.15. The maximum Gasteiger partial charge on any atom is 0.418 e. The number of amides is 2. The summed E-state index contributed by atoms with van der Waals surface area (Å²) < 4.78 is 63.8. The van der Waals surface area contributed by atoms with Crippen LogP contribution in [0.4, 0.5) is 28.0 Å². The molecule has 4 aromatic rings. The topological polar surface area (TPSA) is 106 Å². The van der Waals surface area contributed by atoms with Crippen LogP contribution in [0, 0.1) is 5.82 Å². The van der Waals surface area contributed by atoms with E-state index in [1.165, 1.54) is 4.90 Å². The largest absolute Gasteiger partial charge is 0.418 e. The lowest BCUT2D eigenvalue weighted by atomic mass is 9.83. The molecule has 0 saturated carbocycles. The molecule has 2 aliphatic heterocycles. The Morgan fingerprint density at radius 1 is 1.16 bits per heavy atom. The summed E-state index contributed by atoms with van der Waals surface area (Å²) >= 11 is 0. The molecule has 0 spiro atoms. The Bertz CT molecular complexity index is 1840. The number of nitrogens with one attached hydrogen (secondary N) is 1. The van der Waals surface area contributed by atoms with Gasteiger partial charge in [-0.15, -0.1) is 0 Å². The van der Waals surface area contributed by atoms with Gasteiger partial charge in [0.05, 0.1) is 28.7 Å². The number of hydrogen-bond donors (Lipinski definition) is 1. The molecule has 1 N–H and O–H groups in total. The van der Waals surface area contributed by atoms with Crippen molar-refractivity contribution in [2.75, 3.05) is 45.2 Å². The second kappa shape index (κ2) is 14.2. The Morgan fingerprint density at radius 2 is 1.92 bits per heavy atom. The van der Waals surface area contributed by atoms with Crippen LogP contribution >= 0.6 is 0 Å². The monoisotopic (exact) mass is 713 g/mol. The van der Waals surface area contributed by atoms with Crippen LogP contribution in [-0.4, -0.2) is 100 Å². The number of halogens is 4. The molecule has 0 atom stereocenters. The highest BCUT2D eigenvalue weighted by Gasteiger charge is 2.48. The van der Waals surface area contributed by atoms with Crippen molar-refractivity contribution < 1.29 is 27.1 Å². The zero-order valence-electron chi connectivity index (χ0n) is 28.8. The number of benzene rings is 1. The number of anilines is 1. The number of aliphatic imine (C=N–C) groups is 1. The predicted octanol–water partition coefficient (Wildman–Crippen LogP) is 6.56. The molecule has 2 saturated heterocycles. The molecule has 6 rings (SSSR count). The van der Waals surface area contributed by atoms with Gasteiger partial charge in [0.15, 0.2) is 0 Å². The van der Waals surface area contributed by atoms with Crippen molar-refractivity contribution in [3.63, 3.8) is 0 Å². The second-order valence-electron chi connectivity index (χ2n) is 14.4. The molecule has 0 bridgehead atoms. The van der Waals surface area contributed by atoms with Crippen molar-refractivity contribution in [3.05, 3.63) is 60.6 Å². The highest BCUT2D eigenvalue weighted by Crippen LogP contribution is 2.38. The Balaban J connectivity index is 1.09. The van der Waals surface area contributed by atoms with Crippen molar-refractivity contribution in [1.82, 2.24) is 34.1 Å². The van der Waals surface area contributed by atoms with Gasteiger partial charge in [0.2, 0.25) is 0 Å². The highest BCUT2D eigenvalue weighted by molar-refractivity contribution is 6.76. The number of rotatable bonds is 11. The Morgan fingerprint density at radius 3 is 2.62 bits per heavy atom. The lowest BCUT2D eigenvalue weighted by Crippen LogP contribution is -2.66. The van der Waals surface area contributed by atoms with E-state index >= 15 is 0 Å². The molecule has 268 valence electrons. The lowest BCUT2D eigenvalue weighted by molar-refractivity contribution is -0.137. The van der Waals surface area contributed by atoms with Crippen molar-refractivity contribution in [3.8, 4) is 11.3 Å². The summed E-state index contributed by atoms with van der Waals surface area (Å²) in [6.07, 6.45) is 6.54. The van der Waals surface area contributed by atoms with E-state index < -0.39 is 37.3 Å². The van der Waals surface area contributed by atoms with E-state index in [-0.39, 0.29) is 11.6 Å². The number of urea groups is 1. The third-order valence-corrected chi connectivity index (χ3v) is 11.3. The van der Waals surface area contributed by atoms with Gasteiger partial charge in [-0.3, -0.25) is 9.58 Å². The number of fused-ring (bicyclic) bond motifs is 1. The van der Waals surface area contributed by atoms with E-state index in [0.29, 0.717) is 45.1 Å². The molecular formula is C34H43F4N9O2Si. The number of carbonyl (C=O) groups is 1. The first-order chi connectivity index (χ1) is 23.8. The van der Waals surface area contributed by atoms with E-state index in [9.17, 15) is 22.4 Å². The Labute approximate surface area is 289 Å². The minimum absolute atomic E-state index is 0.201. The average molecular weight is 714 g/mol. The fourth-order valence-corrected chi connectivity index (χ4v) is 7.43. The summed E-state index contributed by atoms with van der Waals surface area (Å²) in [5, 5.41) is 8.05. The average Bonchev–Trinajstić information content (AvgIpc) is 3.71. The molecule has 16 heteroatoms. The quantitative estimate of drug-likeness (QED) is 0.0817. The van der Waals surface area contributed by atoms with Gasteiger partial charge in [-0.2, -0.15) is 18.3 Å². The number of likely N-dealkylation sites (tertiary alicyclic amines) is 2. The van der Waals surface area contributed by atoms with Gasteiger partial charge in [-0.1, -0.05) is 19.6 Å². The van der Waals surface area contributed by atoms with Crippen molar-refractivity contribution in [2.45, 2.75) is 69.4 Å². The first kappa shape index (κ1) is 35.7. The van der Waals surface area contributed by atoms with Crippen LogP contribution in [0.2, 0.25) is 25.7 Å². The fourth-order valence-electron chi connectivity index (χ4n) is 6.67. The van der Waals surface area contributed by atoms with Crippen molar-refractivity contribution in [2.24, 2.45) is 4.99 Å². The van der Waals surface area contributed by atoms with Crippen molar-refractivity contribution >= 4 is 37.0 Å². The predicted molar refractivity (Wildman–Crippen MR) is 186 cm³/mol. The lowest BCUT2D eigenvalue weighted by Gasteiger charge is -2.54. The van der Waals surface area contributed by atoms with Crippen LogP contribution in [0.1, 0.15) is 24.8 Å². The molecule has 0 unspecified atom stereocenters. The number of aromatic nitrogens is 5. The van der Waals surface area contributed by atoms with Gasteiger partial charge in [-0.25, -0.2) is 19.2 Å². The first-order valence-corrected chi connectivity index (χ1v) is 20.5. The first-order valence-electron chi connectivity index (χ1n) is 16.8. The minimum Gasteiger partial charge on any atom is -0.361 e. The van der Waals surface area contributed by atoms with Crippen LogP contribution in [0.3, 0.4) is 0 Å². The standard InChI is InChI=1S/C34H43F4N9O2Si/c1-39-11-10-33(47-19-24(18-42-47)30-27-9-14-45(31(27)41-22-40-30)23-49-15-16-50(2,3)4)20-46(21-33)26-7-12-44(13-8-26)32(48)43-29-6-5-25(35)17-28(29)34(36,37)38/h5-6,9,11,14,17-19,22,26H,7-8,10,12-13,15-16,20-21,23H2,1-4H3,(H,43,48). The van der Waals surface area contributed by atoms with Crippen LogP contribution in [-0.2, 0) is 23.2 Å². The number of ether oxygens (including phenoxy) is 1. The molecule has 2 fully saturated rings. The van der Waals surface area contributed by atoms with Crippen LogP contribution in [0.5, 0.6) is 0 Å². The number of hydrogen-bond acceptors (Lipinski definition) is 7. The zero-order valence-corrected chi connectivity index (χ0v) is 29.8. The second-order valence-corrected chi connectivity index (χ2v) is 20.0. The zero-order chi connectivity index (χ0) is 35.7. The van der Waals surface area contributed by atoms with Crippen LogP contribution in [0.15, 0.2) is 54.2 Å². The molecule has 1 aromatic carbocycles. The number of piperidine rings is 1. The maximum atomic E-state index is 13.5. The molecule has 11 nitrogen and oxygen atoms in total. The van der Waals surface area contributed by atoms with Crippen molar-refractivity contribution in [1.29, 1.82) is 0 Å². The van der Waals surface area contributed by atoms with Gasteiger partial charge >= 0.3 is 12.2 Å². The summed E-state index contributed by atoms with van der Waals surface area (Å²) in [7, 11) is 0.568. The summed E-state index contributed by atoms with van der Waals surface area (Å²) in [5.41, 5.74) is 0.496. The van der Waals surface area contributed by atoms with E-state index in [1.54, 1.807) is 13.4 Å². The number of nitrogens with zero attached hydrogens (tertiary/aromatic N) is 8. The molecule has 0 radical (unpaired) electrons. The third kappa shape index (κ3) is 7.76. The molecule has 5 heterocycles. The van der Waals surface area contributed by atoms with Crippen LogP contribution in [0.25, 0.3) is 22.3 Å². The molecule has 2 amide bonds. The number of alkyl halides is 3. The maximum absolute atomic E-state index is 13.5. The molecule has 3 aromatic heterocycles. The minimum atomic E-state index is -4.80. The van der Waals surface area contributed by atoms with Crippen LogP contribution < -0.4 is 5.32 Å². The summed E-state index contributed by atoms with van der Waals surface area (Å²) in [5.74, 6) is -1.02. The third-order valence-electron chi connectivity index (χ3n) is 9.57. The van der Waals surface area contributed by atoms with Gasteiger partial charge < -0.3 is 24.5 Å². The van der Waals surface area contributed by atoms with E-state index in [1.807, 2.05) is 40.1 Å². The molecular weight excluding hydrogens is 671 g/mol. The summed E-state index contributed by atoms with van der Waals surface area (Å²) in [6.45, 7) is 10.4. The van der Waals surface area contributed by atoms with Gasteiger partial charge in [0, 0.05) is 89.9 Å². The summed E-state index contributed by atoms with van der Waals surface area (Å²) in [4.78, 5) is 30.2. The SMILES string of the molecule is CN=CCC1(n2cc(-c3ncnc4c3ccn4COCC[Si](C)(C)C)cn2)CN(C2CCN(C(=O)Nc3ccc(F)cc3C(F)(F)F)CC2)C1. The highest BCUT2D eigenvalue weighted by atomic mass is 28.3. The normalized spacial score (nSPS) is 17.5. The molecule has 0 aliphatic carbocycles. The molecule has 50 heavy (non-hydrogen) atoms. The van der Waals surface area contributed by atoms with Gasteiger partial charge in [0.25, 0.3) is 0 Å². The summed E-state index contributed by atoms with van der Waals surface area (Å²) in [6, 6.07) is 4.90. The smallest absolute Gasteiger partial charge is 0.361 e. The van der Waals surface area contributed by atoms with E-state index in [2.05, 4.69) is 44.8 Å². The fraction of sp³-hybridized carbons (Fsp3) is 0.500. The van der Waals surface area contributed by atoms with Gasteiger partial charge in [0.1, 0.15) is 24.5 Å².